The molecule has 4 nitrogen and oxygen atoms in total. The Bertz CT molecular complexity index is 536. The molecule has 96 valence electrons. The Hall–Kier alpha value is -1.20. The molecule has 2 aromatic heterocycles. The van der Waals surface area contributed by atoms with Crippen LogP contribution >= 0.6 is 15.9 Å². The molecule has 0 fully saturated rings. The summed E-state index contributed by atoms with van der Waals surface area (Å²) in [6.07, 6.45) is 2.82. The predicted octanol–water partition coefficient (Wildman–Crippen LogP) is 2.81. The number of nitrogens with two attached hydrogens (primary N) is 1. The Morgan fingerprint density at radius 3 is 2.89 bits per heavy atom. The number of hydrogen-bond acceptors (Lipinski definition) is 3. The maximum Gasteiger partial charge on any atom is 0.0908 e. The van der Waals surface area contributed by atoms with E-state index in [-0.39, 0.29) is 6.04 Å². The zero-order valence-corrected chi connectivity index (χ0v) is 12.2. The van der Waals surface area contributed by atoms with Gasteiger partial charge in [-0.15, -0.1) is 0 Å². The van der Waals surface area contributed by atoms with Crippen molar-refractivity contribution in [3.8, 4) is 0 Å². The number of rotatable bonds is 4. The van der Waals surface area contributed by atoms with Crippen LogP contribution in [0.15, 0.2) is 28.9 Å². The molecule has 0 amide bonds. The van der Waals surface area contributed by atoms with Crippen molar-refractivity contribution in [3.05, 3.63) is 46.0 Å². The molecule has 1 atom stereocenters. The molecule has 5 heteroatoms. The molecular formula is C13H17BrN4. The van der Waals surface area contributed by atoms with Gasteiger partial charge in [-0.2, -0.15) is 5.10 Å². The minimum Gasteiger partial charge on any atom is -0.318 e. The van der Waals surface area contributed by atoms with Gasteiger partial charge in [-0.05, 0) is 41.4 Å². The zero-order valence-electron chi connectivity index (χ0n) is 10.6. The Labute approximate surface area is 115 Å². The first-order valence-corrected chi connectivity index (χ1v) is 6.83. The first-order valence-electron chi connectivity index (χ1n) is 6.03. The first kappa shape index (κ1) is 13.2. The van der Waals surface area contributed by atoms with Crippen molar-refractivity contribution < 1.29 is 0 Å². The van der Waals surface area contributed by atoms with Gasteiger partial charge in [0, 0.05) is 12.2 Å². The number of aromatic nitrogens is 3. The van der Waals surface area contributed by atoms with E-state index in [0.717, 1.165) is 34.5 Å². The van der Waals surface area contributed by atoms with Crippen molar-refractivity contribution in [2.24, 2.45) is 5.73 Å². The highest BCUT2D eigenvalue weighted by Gasteiger charge is 2.19. The van der Waals surface area contributed by atoms with Crippen LogP contribution < -0.4 is 5.73 Å². The van der Waals surface area contributed by atoms with E-state index in [1.165, 1.54) is 0 Å². The molecule has 2 rings (SSSR count). The molecule has 18 heavy (non-hydrogen) atoms. The summed E-state index contributed by atoms with van der Waals surface area (Å²) in [5.74, 6) is 0. The van der Waals surface area contributed by atoms with Crippen molar-refractivity contribution in [3.63, 3.8) is 0 Å². The maximum atomic E-state index is 6.31. The van der Waals surface area contributed by atoms with Gasteiger partial charge in [0.2, 0.25) is 0 Å². The number of pyridine rings is 1. The number of hydrogen-bond donors (Lipinski definition) is 1. The van der Waals surface area contributed by atoms with Gasteiger partial charge in [0.05, 0.1) is 28.1 Å². The highest BCUT2D eigenvalue weighted by atomic mass is 79.9. The van der Waals surface area contributed by atoms with E-state index in [0.29, 0.717) is 0 Å². The standard InChI is InChI=1S/C13H17BrN4/c1-3-7-18-13(10(14)8-16-18)12(15)11-6-4-5-9(2)17-11/h4-6,8,12H,3,7,15H2,1-2H3. The molecule has 0 aliphatic carbocycles. The molecule has 0 aliphatic rings. The monoisotopic (exact) mass is 308 g/mol. The normalized spacial score (nSPS) is 12.7. The lowest BCUT2D eigenvalue weighted by Crippen LogP contribution is -2.19. The number of nitrogens with zero attached hydrogens (tertiary/aromatic N) is 3. The number of aryl methyl sites for hydroxylation is 2. The summed E-state index contributed by atoms with van der Waals surface area (Å²) in [6, 6.07) is 5.64. The van der Waals surface area contributed by atoms with Crippen LogP contribution in [0.1, 0.15) is 36.5 Å². The Balaban J connectivity index is 2.39. The largest absolute Gasteiger partial charge is 0.318 e. The van der Waals surface area contributed by atoms with E-state index in [4.69, 9.17) is 5.73 Å². The lowest BCUT2D eigenvalue weighted by Gasteiger charge is -2.14. The molecule has 0 radical (unpaired) electrons. The van der Waals surface area contributed by atoms with Crippen LogP contribution in [0.4, 0.5) is 0 Å². The lowest BCUT2D eigenvalue weighted by atomic mass is 10.1. The molecule has 0 aliphatic heterocycles. The Morgan fingerprint density at radius 1 is 1.44 bits per heavy atom. The summed E-state index contributed by atoms with van der Waals surface area (Å²) in [6.45, 7) is 4.95. The molecule has 0 aromatic carbocycles. The second kappa shape index (κ2) is 5.63. The fraction of sp³-hybridized carbons (Fsp3) is 0.385. The first-order chi connectivity index (χ1) is 8.63. The van der Waals surface area contributed by atoms with Crippen molar-refractivity contribution in [2.75, 3.05) is 0 Å². The van der Waals surface area contributed by atoms with E-state index >= 15 is 0 Å². The molecule has 1 unspecified atom stereocenters. The van der Waals surface area contributed by atoms with Gasteiger partial charge >= 0.3 is 0 Å². The fourth-order valence-electron chi connectivity index (χ4n) is 1.95. The van der Waals surface area contributed by atoms with Crippen LogP contribution in [0.3, 0.4) is 0 Å². The fourth-order valence-corrected chi connectivity index (χ4v) is 2.49. The van der Waals surface area contributed by atoms with Crippen LogP contribution in [-0.2, 0) is 6.54 Å². The summed E-state index contributed by atoms with van der Waals surface area (Å²) >= 11 is 3.51. The van der Waals surface area contributed by atoms with Crippen molar-refractivity contribution >= 4 is 15.9 Å². The molecular weight excluding hydrogens is 292 g/mol. The van der Waals surface area contributed by atoms with Crippen LogP contribution in [0, 0.1) is 6.92 Å². The minimum absolute atomic E-state index is 0.256. The third-order valence-electron chi connectivity index (χ3n) is 2.79. The highest BCUT2D eigenvalue weighted by Crippen LogP contribution is 2.26. The van der Waals surface area contributed by atoms with Gasteiger partial charge in [-0.1, -0.05) is 13.0 Å². The smallest absolute Gasteiger partial charge is 0.0908 e. The summed E-state index contributed by atoms with van der Waals surface area (Å²) in [7, 11) is 0. The van der Waals surface area contributed by atoms with Gasteiger partial charge in [0.15, 0.2) is 0 Å². The average Bonchev–Trinajstić information content (AvgIpc) is 2.70. The molecule has 2 heterocycles. The van der Waals surface area contributed by atoms with Gasteiger partial charge < -0.3 is 5.73 Å². The number of halogens is 1. The van der Waals surface area contributed by atoms with Crippen LogP contribution in [0.2, 0.25) is 0 Å². The van der Waals surface area contributed by atoms with Gasteiger partial charge in [-0.3, -0.25) is 9.67 Å². The second-order valence-corrected chi connectivity index (χ2v) is 5.14. The summed E-state index contributed by atoms with van der Waals surface area (Å²) < 4.78 is 2.88. The third-order valence-corrected chi connectivity index (χ3v) is 3.40. The lowest BCUT2D eigenvalue weighted by molar-refractivity contribution is 0.555. The zero-order chi connectivity index (χ0) is 13.1. The maximum absolute atomic E-state index is 6.31. The minimum atomic E-state index is -0.256. The van der Waals surface area contributed by atoms with Gasteiger partial charge in [-0.25, -0.2) is 0 Å². The topological polar surface area (TPSA) is 56.7 Å². The molecule has 0 spiro atoms. The predicted molar refractivity (Wildman–Crippen MR) is 75.2 cm³/mol. The van der Waals surface area contributed by atoms with Crippen molar-refractivity contribution in [2.45, 2.75) is 32.9 Å². The molecule has 0 saturated carbocycles. The quantitative estimate of drug-likeness (QED) is 0.945. The SMILES string of the molecule is CCCn1ncc(Br)c1C(N)c1cccc(C)n1. The van der Waals surface area contributed by atoms with Gasteiger partial charge in [0.1, 0.15) is 0 Å². The van der Waals surface area contributed by atoms with E-state index in [2.05, 4.69) is 32.9 Å². The van der Waals surface area contributed by atoms with Crippen LogP contribution in [0.25, 0.3) is 0 Å². The van der Waals surface area contributed by atoms with E-state index in [1.54, 1.807) is 6.20 Å². The van der Waals surface area contributed by atoms with Crippen molar-refractivity contribution in [1.29, 1.82) is 0 Å². The molecule has 2 N–H and O–H groups in total. The second-order valence-electron chi connectivity index (χ2n) is 4.28. The van der Waals surface area contributed by atoms with Crippen LogP contribution in [0.5, 0.6) is 0 Å². The van der Waals surface area contributed by atoms with Gasteiger partial charge in [0.25, 0.3) is 0 Å². The molecule has 0 saturated heterocycles. The van der Waals surface area contributed by atoms with E-state index in [1.807, 2.05) is 29.8 Å². The summed E-state index contributed by atoms with van der Waals surface area (Å²) in [4.78, 5) is 4.48. The average molecular weight is 309 g/mol. The highest BCUT2D eigenvalue weighted by molar-refractivity contribution is 9.10. The summed E-state index contributed by atoms with van der Waals surface area (Å²) in [5, 5.41) is 4.34. The third kappa shape index (κ3) is 2.62. The summed E-state index contributed by atoms with van der Waals surface area (Å²) in [5.41, 5.74) is 9.13. The van der Waals surface area contributed by atoms with Crippen molar-refractivity contribution in [1.82, 2.24) is 14.8 Å². The van der Waals surface area contributed by atoms with E-state index in [9.17, 15) is 0 Å². The molecule has 0 bridgehead atoms. The Kier molecular flexibility index (Phi) is 4.14. The Morgan fingerprint density at radius 2 is 2.22 bits per heavy atom. The molecule has 2 aromatic rings. The van der Waals surface area contributed by atoms with E-state index < -0.39 is 0 Å². The van der Waals surface area contributed by atoms with Crippen LogP contribution in [-0.4, -0.2) is 14.8 Å².